The van der Waals surface area contributed by atoms with Crippen molar-refractivity contribution in [1.82, 2.24) is 15.5 Å². The fourth-order valence-electron chi connectivity index (χ4n) is 2.05. The summed E-state index contributed by atoms with van der Waals surface area (Å²) in [5, 5.41) is 10.0. The Hall–Kier alpha value is -2.21. The van der Waals surface area contributed by atoms with Crippen LogP contribution in [0.1, 0.15) is 24.3 Å². The molecule has 1 aromatic heterocycles. The number of ether oxygens (including phenoxy) is 1. The molecule has 6 nitrogen and oxygen atoms in total. The third kappa shape index (κ3) is 2.85. The van der Waals surface area contributed by atoms with Crippen molar-refractivity contribution >= 4 is 16.7 Å². The number of H-pyrrole nitrogens is 1. The first-order valence-electron chi connectivity index (χ1n) is 6.23. The quantitative estimate of drug-likeness (QED) is 0.874. The summed E-state index contributed by atoms with van der Waals surface area (Å²) >= 11 is 0. The highest BCUT2D eigenvalue weighted by molar-refractivity contribution is 6.04. The van der Waals surface area contributed by atoms with Crippen molar-refractivity contribution < 1.29 is 9.53 Å². The maximum Gasteiger partial charge on any atom is 0.272 e. The van der Waals surface area contributed by atoms with Crippen molar-refractivity contribution in [2.45, 2.75) is 19.4 Å². The molecule has 106 valence electrons. The zero-order chi connectivity index (χ0) is 14.8. The number of hydrogen-bond acceptors (Lipinski definition) is 4. The van der Waals surface area contributed by atoms with Gasteiger partial charge in [0.15, 0.2) is 5.69 Å². The molecule has 0 aliphatic carbocycles. The van der Waals surface area contributed by atoms with Gasteiger partial charge < -0.3 is 10.1 Å². The van der Waals surface area contributed by atoms with E-state index in [2.05, 4.69) is 15.5 Å². The third-order valence-electron chi connectivity index (χ3n) is 2.87. The Morgan fingerprint density at radius 2 is 2.00 bits per heavy atom. The van der Waals surface area contributed by atoms with Crippen LogP contribution in [0.25, 0.3) is 10.8 Å². The molecule has 1 amide bonds. The lowest BCUT2D eigenvalue weighted by Crippen LogP contribution is -2.47. The van der Waals surface area contributed by atoms with E-state index in [9.17, 15) is 9.59 Å². The summed E-state index contributed by atoms with van der Waals surface area (Å²) in [5.41, 5.74) is -0.636. The monoisotopic (exact) mass is 275 g/mol. The molecule has 1 aromatic carbocycles. The molecule has 0 unspecified atom stereocenters. The van der Waals surface area contributed by atoms with Crippen LogP contribution in [0.15, 0.2) is 29.1 Å². The Morgan fingerprint density at radius 1 is 1.35 bits per heavy atom. The number of nitrogens with zero attached hydrogens (tertiary/aromatic N) is 1. The van der Waals surface area contributed by atoms with Gasteiger partial charge in [-0.1, -0.05) is 18.2 Å². The van der Waals surface area contributed by atoms with Crippen LogP contribution in [-0.2, 0) is 4.74 Å². The smallest absolute Gasteiger partial charge is 0.272 e. The van der Waals surface area contributed by atoms with Crippen LogP contribution in [0, 0.1) is 0 Å². The van der Waals surface area contributed by atoms with Gasteiger partial charge in [0.2, 0.25) is 0 Å². The minimum atomic E-state index is -0.523. The highest BCUT2D eigenvalue weighted by Crippen LogP contribution is 2.13. The first-order chi connectivity index (χ1) is 9.44. The number of hydrogen-bond donors (Lipinski definition) is 2. The lowest BCUT2D eigenvalue weighted by Gasteiger charge is -2.25. The Labute approximate surface area is 116 Å². The summed E-state index contributed by atoms with van der Waals surface area (Å²) < 4.78 is 5.06. The SMILES string of the molecule is COCC(C)(C)NC(=O)c1n[nH]c(=O)c2ccccc12. The summed E-state index contributed by atoms with van der Waals surface area (Å²) in [6, 6.07) is 6.87. The third-order valence-corrected chi connectivity index (χ3v) is 2.87. The van der Waals surface area contributed by atoms with E-state index < -0.39 is 5.54 Å². The van der Waals surface area contributed by atoms with E-state index >= 15 is 0 Å². The summed E-state index contributed by atoms with van der Waals surface area (Å²) in [7, 11) is 1.57. The Morgan fingerprint density at radius 3 is 2.65 bits per heavy atom. The average Bonchev–Trinajstić information content (AvgIpc) is 2.38. The van der Waals surface area contributed by atoms with Gasteiger partial charge in [-0.3, -0.25) is 9.59 Å². The van der Waals surface area contributed by atoms with Gasteiger partial charge in [-0.2, -0.15) is 5.10 Å². The van der Waals surface area contributed by atoms with Gasteiger partial charge in [-0.05, 0) is 19.9 Å². The van der Waals surface area contributed by atoms with Crippen molar-refractivity contribution in [1.29, 1.82) is 0 Å². The highest BCUT2D eigenvalue weighted by atomic mass is 16.5. The van der Waals surface area contributed by atoms with Crippen LogP contribution in [0.3, 0.4) is 0 Å². The topological polar surface area (TPSA) is 84.1 Å². The van der Waals surface area contributed by atoms with Crippen LogP contribution in [0.4, 0.5) is 0 Å². The predicted molar refractivity (Wildman–Crippen MR) is 75.8 cm³/mol. The second kappa shape index (κ2) is 5.42. The number of fused-ring (bicyclic) bond motifs is 1. The first kappa shape index (κ1) is 14.2. The molecule has 0 aliphatic heterocycles. The lowest BCUT2D eigenvalue weighted by molar-refractivity contribution is 0.0816. The Kier molecular flexibility index (Phi) is 3.85. The first-order valence-corrected chi connectivity index (χ1v) is 6.23. The number of nitrogens with one attached hydrogen (secondary N) is 2. The number of aromatic amines is 1. The number of rotatable bonds is 4. The van der Waals surface area contributed by atoms with Crippen molar-refractivity contribution in [2.24, 2.45) is 0 Å². The molecule has 0 spiro atoms. The minimum Gasteiger partial charge on any atom is -0.382 e. The molecule has 20 heavy (non-hydrogen) atoms. The predicted octanol–water partition coefficient (Wildman–Crippen LogP) is 1.08. The highest BCUT2D eigenvalue weighted by Gasteiger charge is 2.23. The lowest BCUT2D eigenvalue weighted by atomic mass is 10.1. The Bertz CT molecular complexity index is 691. The molecule has 0 radical (unpaired) electrons. The van der Waals surface area contributed by atoms with Gasteiger partial charge in [0.25, 0.3) is 11.5 Å². The maximum absolute atomic E-state index is 12.3. The van der Waals surface area contributed by atoms with Crippen LogP contribution in [0.2, 0.25) is 0 Å². The number of methoxy groups -OCH3 is 1. The summed E-state index contributed by atoms with van der Waals surface area (Å²) in [6.45, 7) is 4.07. The van der Waals surface area contributed by atoms with Crippen molar-refractivity contribution in [3.05, 3.63) is 40.3 Å². The van der Waals surface area contributed by atoms with Crippen LogP contribution in [-0.4, -0.2) is 35.4 Å². The molecule has 0 fully saturated rings. The molecule has 0 bridgehead atoms. The van der Waals surface area contributed by atoms with Gasteiger partial charge in [0.1, 0.15) is 0 Å². The zero-order valence-corrected chi connectivity index (χ0v) is 11.7. The number of amides is 1. The summed E-state index contributed by atoms with van der Waals surface area (Å²) in [5.74, 6) is -0.348. The fourth-order valence-corrected chi connectivity index (χ4v) is 2.05. The molecule has 0 atom stereocenters. The molecular formula is C14H17N3O3. The molecule has 1 heterocycles. The van der Waals surface area contributed by atoms with E-state index in [-0.39, 0.29) is 17.2 Å². The minimum absolute atomic E-state index is 0.198. The normalized spacial score (nSPS) is 11.6. The number of aromatic nitrogens is 2. The van der Waals surface area contributed by atoms with Gasteiger partial charge in [-0.25, -0.2) is 5.10 Å². The molecule has 6 heteroatoms. The van der Waals surface area contributed by atoms with E-state index in [0.29, 0.717) is 17.4 Å². The van der Waals surface area contributed by atoms with Crippen LogP contribution >= 0.6 is 0 Å². The van der Waals surface area contributed by atoms with E-state index in [4.69, 9.17) is 4.74 Å². The number of carbonyl (C=O) groups is 1. The molecular weight excluding hydrogens is 258 g/mol. The van der Waals surface area contributed by atoms with E-state index in [1.165, 1.54) is 0 Å². The van der Waals surface area contributed by atoms with E-state index in [1.807, 2.05) is 13.8 Å². The molecule has 0 saturated carbocycles. The second-order valence-corrected chi connectivity index (χ2v) is 5.22. The van der Waals surface area contributed by atoms with Crippen molar-refractivity contribution in [3.63, 3.8) is 0 Å². The molecule has 0 aliphatic rings. The molecule has 2 aromatic rings. The van der Waals surface area contributed by atoms with Crippen LogP contribution < -0.4 is 10.9 Å². The van der Waals surface area contributed by atoms with E-state index in [0.717, 1.165) is 0 Å². The van der Waals surface area contributed by atoms with Gasteiger partial charge in [0, 0.05) is 12.5 Å². The second-order valence-electron chi connectivity index (χ2n) is 5.22. The average molecular weight is 275 g/mol. The van der Waals surface area contributed by atoms with Gasteiger partial charge in [0.05, 0.1) is 17.5 Å². The summed E-state index contributed by atoms with van der Waals surface area (Å²) in [4.78, 5) is 24.0. The molecule has 2 N–H and O–H groups in total. The van der Waals surface area contributed by atoms with Crippen molar-refractivity contribution in [2.75, 3.05) is 13.7 Å². The van der Waals surface area contributed by atoms with Crippen LogP contribution in [0.5, 0.6) is 0 Å². The van der Waals surface area contributed by atoms with Crippen molar-refractivity contribution in [3.8, 4) is 0 Å². The summed E-state index contributed by atoms with van der Waals surface area (Å²) in [6.07, 6.45) is 0. The zero-order valence-electron chi connectivity index (χ0n) is 11.7. The number of benzene rings is 1. The fraction of sp³-hybridized carbons (Fsp3) is 0.357. The molecule has 2 rings (SSSR count). The largest absolute Gasteiger partial charge is 0.382 e. The molecule has 0 saturated heterocycles. The van der Waals surface area contributed by atoms with Gasteiger partial charge >= 0.3 is 0 Å². The Balaban J connectivity index is 2.41. The number of carbonyl (C=O) groups excluding carboxylic acids is 1. The maximum atomic E-state index is 12.3. The van der Waals surface area contributed by atoms with E-state index in [1.54, 1.807) is 31.4 Å². The van der Waals surface area contributed by atoms with Gasteiger partial charge in [-0.15, -0.1) is 0 Å². The standard InChI is InChI=1S/C14H17N3O3/c1-14(2,8-20-3)15-13(19)11-9-6-4-5-7-10(9)12(18)17-16-11/h4-7H,8H2,1-3H3,(H,15,19)(H,17,18).